The third-order valence-corrected chi connectivity index (χ3v) is 12.0. The van der Waals surface area contributed by atoms with Gasteiger partial charge in [-0.3, -0.25) is 28.9 Å². The van der Waals surface area contributed by atoms with Gasteiger partial charge in [0.1, 0.15) is 11.5 Å². The third-order valence-electron chi connectivity index (χ3n) is 12.0. The van der Waals surface area contributed by atoms with Crippen molar-refractivity contribution in [1.29, 1.82) is 0 Å². The quantitative estimate of drug-likeness (QED) is 0.0891. The SMILES string of the molecule is Cc1nn(-c2ccccc2)c(O)c1C(c1ccc(O)cc1)c1c(C)[nH]n(-c2ccccc2)c1=O.Cc1nn(-c2ccccc2)c(O)c1C(c1ccc(O)cc1)c1c(C)[nH]n(-c2ccccc2)c1=O.O.O.O.O.O.O=S(=O)(O)O.[O]=[V].[V]. The molecule has 4 aromatic heterocycles. The first-order valence-corrected chi connectivity index (χ1v) is 24.8. The van der Waals surface area contributed by atoms with E-state index in [1.807, 2.05) is 149 Å². The van der Waals surface area contributed by atoms with Crippen LogP contribution in [0.2, 0.25) is 0 Å². The van der Waals surface area contributed by atoms with E-state index in [9.17, 15) is 30.0 Å². The number of aromatic hydroxyl groups is 4. The Kier molecular flexibility index (Phi) is 26.9. The Morgan fingerprint density at radius 3 is 0.938 bits per heavy atom. The summed E-state index contributed by atoms with van der Waals surface area (Å²) in [6, 6.07) is 50.7. The van der Waals surface area contributed by atoms with Crippen LogP contribution in [-0.2, 0) is 50.0 Å². The van der Waals surface area contributed by atoms with Gasteiger partial charge in [0.05, 0.1) is 45.3 Å². The standard InChI is InChI=1S/2C27H24N4O3.H2O4S.5H2O.O.2V/c2*1-17-23(26(33)30(28-17)20-9-5-3-6-10-20)25(19-13-15-22(32)16-14-19)24-18(2)29-31(27(24)34)21-11-7-4-8-12-21;1-5(2,3)4;;;;;;;;/h2*3-16,25,28,32,34H,1-2H3;(H2,1,2,3,4);5*1H2;;;. The number of hydrogen-bond donors (Lipinski definition) is 8. The molecule has 0 aliphatic carbocycles. The summed E-state index contributed by atoms with van der Waals surface area (Å²) in [5, 5.41) is 58.0. The van der Waals surface area contributed by atoms with E-state index in [1.165, 1.54) is 18.7 Å². The summed E-state index contributed by atoms with van der Waals surface area (Å²) in [5.74, 6) is -1.04. The Balaban J connectivity index is 0.000000681. The second-order valence-electron chi connectivity index (χ2n) is 16.9. The molecule has 27 heteroatoms. The van der Waals surface area contributed by atoms with Crippen LogP contribution in [0.1, 0.15) is 68.0 Å². The minimum atomic E-state index is -4.67. The van der Waals surface area contributed by atoms with Gasteiger partial charge in [-0.25, -0.2) is 18.7 Å². The van der Waals surface area contributed by atoms with E-state index in [4.69, 9.17) is 21.2 Å². The molecule has 0 bridgehead atoms. The monoisotopic (exact) mass is 1210 g/mol. The van der Waals surface area contributed by atoms with E-state index in [1.54, 1.807) is 48.5 Å². The van der Waals surface area contributed by atoms with E-state index in [2.05, 4.69) is 20.4 Å². The molecule has 0 aliphatic heterocycles. The topological polar surface area (TPSA) is 441 Å². The van der Waals surface area contributed by atoms with Gasteiger partial charge < -0.3 is 47.8 Å². The fraction of sp³-hybridized carbons (Fsp3) is 0.111. The zero-order valence-corrected chi connectivity index (χ0v) is 47.1. The maximum absolute atomic E-state index is 13.7. The molecule has 10 aromatic rings. The number of benzene rings is 6. The molecule has 2 unspecified atom stereocenters. The van der Waals surface area contributed by atoms with Crippen molar-refractivity contribution in [2.75, 3.05) is 0 Å². The number of nitrogens with zero attached hydrogens (tertiary/aromatic N) is 6. The molecule has 4 heterocycles. The van der Waals surface area contributed by atoms with E-state index in [0.717, 1.165) is 28.5 Å². The number of phenols is 2. The molecule has 18 N–H and O–H groups in total. The predicted octanol–water partition coefficient (Wildman–Crippen LogP) is 4.22. The van der Waals surface area contributed by atoms with Crippen LogP contribution in [0.15, 0.2) is 179 Å². The van der Waals surface area contributed by atoms with Gasteiger partial charge in [0.2, 0.25) is 11.8 Å². The molecule has 0 saturated heterocycles. The molecular weight excluding hydrogens is 1150 g/mol. The van der Waals surface area contributed by atoms with E-state index in [0.29, 0.717) is 67.8 Å². The Bertz CT molecular complexity index is 3540. The zero-order chi connectivity index (χ0) is 54.1. The maximum atomic E-state index is 13.7. The molecule has 0 spiro atoms. The number of para-hydroxylation sites is 4. The summed E-state index contributed by atoms with van der Waals surface area (Å²) >= 11 is 1.06. The Morgan fingerprint density at radius 1 is 0.432 bits per heavy atom. The predicted molar refractivity (Wildman–Crippen MR) is 293 cm³/mol. The fourth-order valence-electron chi connectivity index (χ4n) is 8.83. The first-order valence-electron chi connectivity index (χ1n) is 22.8. The van der Waals surface area contributed by atoms with Gasteiger partial charge >= 0.3 is 31.4 Å². The first-order chi connectivity index (χ1) is 35.9. The van der Waals surface area contributed by atoms with Crippen LogP contribution < -0.4 is 11.1 Å². The fourth-order valence-corrected chi connectivity index (χ4v) is 8.83. The summed E-state index contributed by atoms with van der Waals surface area (Å²) in [6.45, 7) is 7.33. The largest absolute Gasteiger partial charge is 0 e. The van der Waals surface area contributed by atoms with Gasteiger partial charge in [-0.05, 0) is 112 Å². The number of aromatic amines is 2. The summed E-state index contributed by atoms with van der Waals surface area (Å²) in [6.07, 6.45) is 0. The molecule has 2 atom stereocenters. The Morgan fingerprint density at radius 2 is 0.679 bits per heavy atom. The van der Waals surface area contributed by atoms with Crippen LogP contribution in [0.3, 0.4) is 0 Å². The second-order valence-corrected chi connectivity index (χ2v) is 17.8. The summed E-state index contributed by atoms with van der Waals surface area (Å²) < 4.78 is 45.7. The average Bonchev–Trinajstić information content (AvgIpc) is 4.09. The molecular formula is C54H60N8O16SV2. The molecule has 0 aliphatic rings. The third kappa shape index (κ3) is 15.9. The first kappa shape index (κ1) is 70.6. The number of rotatable bonds is 10. The van der Waals surface area contributed by atoms with Crippen molar-refractivity contribution >= 4 is 10.4 Å². The van der Waals surface area contributed by atoms with E-state index < -0.39 is 22.2 Å². The molecule has 428 valence electrons. The average molecular weight is 1210 g/mol. The molecule has 24 nitrogen and oxygen atoms in total. The number of nitrogens with one attached hydrogen (secondary N) is 2. The van der Waals surface area contributed by atoms with Crippen LogP contribution in [0.25, 0.3) is 22.7 Å². The number of H-pyrrole nitrogens is 2. The van der Waals surface area contributed by atoms with Gasteiger partial charge in [0.25, 0.3) is 11.1 Å². The van der Waals surface area contributed by atoms with E-state index >= 15 is 0 Å². The Labute approximate surface area is 484 Å². The van der Waals surface area contributed by atoms with Crippen molar-refractivity contribution < 1.29 is 105 Å². The summed E-state index contributed by atoms with van der Waals surface area (Å²) in [5.41, 5.74) is 8.57. The number of aromatic nitrogens is 8. The maximum Gasteiger partial charge on any atom is 0 e. The Hall–Kier alpha value is -8.40. The number of phenolic OH excluding ortho intramolecular Hbond substituents is 2. The van der Waals surface area contributed by atoms with Gasteiger partial charge in [-0.15, -0.1) is 0 Å². The van der Waals surface area contributed by atoms with Crippen molar-refractivity contribution in [2.45, 2.75) is 39.5 Å². The van der Waals surface area contributed by atoms with Crippen LogP contribution >= 0.6 is 0 Å². The molecule has 81 heavy (non-hydrogen) atoms. The zero-order valence-electron chi connectivity index (χ0n) is 43.5. The van der Waals surface area contributed by atoms with Crippen molar-refractivity contribution in [2.24, 2.45) is 0 Å². The van der Waals surface area contributed by atoms with Crippen molar-refractivity contribution in [3.05, 3.63) is 247 Å². The minimum Gasteiger partial charge on any atom is 0 e. The molecule has 0 fully saturated rings. The molecule has 1 radical (unpaired) electrons. The normalized spacial score (nSPS) is 10.9. The smallest absolute Gasteiger partial charge is 0 e. The van der Waals surface area contributed by atoms with Gasteiger partial charge in [0.15, 0.2) is 0 Å². The minimum absolute atomic E-state index is 0. The van der Waals surface area contributed by atoms with Crippen molar-refractivity contribution in [1.82, 2.24) is 39.1 Å². The summed E-state index contributed by atoms with van der Waals surface area (Å²) in [7, 11) is -4.67. The van der Waals surface area contributed by atoms with Gasteiger partial charge in [-0.1, -0.05) is 97.1 Å². The molecule has 6 aromatic carbocycles. The van der Waals surface area contributed by atoms with Crippen LogP contribution in [0.5, 0.6) is 23.3 Å². The molecule has 0 amide bonds. The van der Waals surface area contributed by atoms with Gasteiger partial charge in [0, 0.05) is 52.9 Å². The van der Waals surface area contributed by atoms with Crippen LogP contribution in [0.4, 0.5) is 0 Å². The number of hydrogen-bond acceptors (Lipinski definition) is 11. The molecule has 0 saturated carbocycles. The molecule has 10 rings (SSSR count). The van der Waals surface area contributed by atoms with Crippen LogP contribution in [0, 0.1) is 27.7 Å². The summed E-state index contributed by atoms with van der Waals surface area (Å²) in [4.78, 5) is 27.4. The van der Waals surface area contributed by atoms with E-state index in [-0.39, 0.29) is 80.3 Å². The second kappa shape index (κ2) is 30.8. The van der Waals surface area contributed by atoms with Crippen molar-refractivity contribution in [3.63, 3.8) is 0 Å². The van der Waals surface area contributed by atoms with Crippen molar-refractivity contribution in [3.8, 4) is 46.0 Å². The van der Waals surface area contributed by atoms with Crippen LogP contribution in [-0.4, -0.2) is 104 Å². The number of aryl methyl sites for hydroxylation is 4. The van der Waals surface area contributed by atoms with Gasteiger partial charge in [-0.2, -0.15) is 18.6 Å².